The second-order valence-corrected chi connectivity index (χ2v) is 7.92. The first-order valence-corrected chi connectivity index (χ1v) is 10.7. The van der Waals surface area contributed by atoms with Crippen LogP contribution in [0.1, 0.15) is 16.1 Å². The second kappa shape index (κ2) is 10.0. The first kappa shape index (κ1) is 22.1. The largest absolute Gasteiger partial charge is 0.361 e. The molecule has 0 atom stereocenters. The molecular weight excluding hydrogens is 420 g/mol. The molecule has 0 radical (unpaired) electrons. The molecule has 1 saturated heterocycles. The molecule has 1 N–H and O–H groups in total. The molecule has 0 spiro atoms. The summed E-state index contributed by atoms with van der Waals surface area (Å²) in [7, 11) is 3.71. The molecule has 1 aliphatic rings. The number of carbonyl (C=O) groups excluding carboxylic acids is 2. The zero-order valence-electron chi connectivity index (χ0n) is 18.7. The molecule has 33 heavy (non-hydrogen) atoms. The lowest BCUT2D eigenvalue weighted by Gasteiger charge is -2.34. The number of aromatic nitrogens is 4. The Morgan fingerprint density at radius 3 is 2.24 bits per heavy atom. The van der Waals surface area contributed by atoms with E-state index in [0.717, 1.165) is 5.56 Å². The highest BCUT2D eigenvalue weighted by molar-refractivity contribution is 6.02. The van der Waals surface area contributed by atoms with Gasteiger partial charge in [-0.05, 0) is 35.9 Å². The standard InChI is InChI=1S/C23H26N8O2/c1-29(2)20-9-8-19(27-28-20)22(33)26-18-6-4-17(5-7-18)16-21(32)30-12-14-31(15-13-30)23-24-10-3-11-25-23/h3-11H,12-16H2,1-2H3,(H,26,33). The summed E-state index contributed by atoms with van der Waals surface area (Å²) in [6.07, 6.45) is 3.76. The van der Waals surface area contributed by atoms with E-state index in [4.69, 9.17) is 0 Å². The first-order valence-electron chi connectivity index (χ1n) is 10.7. The third-order valence-electron chi connectivity index (χ3n) is 5.38. The quantitative estimate of drug-likeness (QED) is 0.607. The number of anilines is 3. The van der Waals surface area contributed by atoms with Gasteiger partial charge in [0.05, 0.1) is 6.42 Å². The number of piperazine rings is 1. The lowest BCUT2D eigenvalue weighted by Crippen LogP contribution is -2.49. The second-order valence-electron chi connectivity index (χ2n) is 7.92. The van der Waals surface area contributed by atoms with Crippen LogP contribution in [0, 0.1) is 0 Å². The van der Waals surface area contributed by atoms with Crippen LogP contribution in [0.4, 0.5) is 17.5 Å². The number of carbonyl (C=O) groups is 2. The minimum absolute atomic E-state index is 0.0803. The molecule has 1 fully saturated rings. The molecule has 2 amide bonds. The summed E-state index contributed by atoms with van der Waals surface area (Å²) in [4.78, 5) is 39.4. The average Bonchev–Trinajstić information content (AvgIpc) is 2.86. The minimum Gasteiger partial charge on any atom is -0.361 e. The van der Waals surface area contributed by atoms with Crippen molar-refractivity contribution in [2.75, 3.05) is 55.4 Å². The van der Waals surface area contributed by atoms with Crippen molar-refractivity contribution in [2.45, 2.75) is 6.42 Å². The zero-order valence-corrected chi connectivity index (χ0v) is 18.7. The van der Waals surface area contributed by atoms with Gasteiger partial charge in [0.2, 0.25) is 11.9 Å². The predicted molar refractivity (Wildman–Crippen MR) is 125 cm³/mol. The van der Waals surface area contributed by atoms with Crippen molar-refractivity contribution in [1.82, 2.24) is 25.1 Å². The van der Waals surface area contributed by atoms with Crippen LogP contribution in [0.3, 0.4) is 0 Å². The van der Waals surface area contributed by atoms with Crippen LogP contribution in [-0.4, -0.2) is 77.2 Å². The zero-order chi connectivity index (χ0) is 23.2. The van der Waals surface area contributed by atoms with E-state index in [1.807, 2.05) is 36.0 Å². The number of nitrogens with one attached hydrogen (secondary N) is 1. The van der Waals surface area contributed by atoms with Crippen LogP contribution in [0.5, 0.6) is 0 Å². The predicted octanol–water partition coefficient (Wildman–Crippen LogP) is 1.48. The molecule has 1 aromatic carbocycles. The van der Waals surface area contributed by atoms with Gasteiger partial charge in [0.1, 0.15) is 0 Å². The summed E-state index contributed by atoms with van der Waals surface area (Å²) in [6.45, 7) is 2.69. The maximum atomic E-state index is 12.7. The van der Waals surface area contributed by atoms with E-state index < -0.39 is 0 Å². The van der Waals surface area contributed by atoms with Crippen LogP contribution < -0.4 is 15.1 Å². The molecule has 3 aromatic rings. The van der Waals surface area contributed by atoms with Crippen LogP contribution in [-0.2, 0) is 11.2 Å². The summed E-state index contributed by atoms with van der Waals surface area (Å²) in [5.41, 5.74) is 1.76. The van der Waals surface area contributed by atoms with E-state index in [1.165, 1.54) is 0 Å². The van der Waals surface area contributed by atoms with E-state index in [-0.39, 0.29) is 17.5 Å². The molecule has 170 valence electrons. The third kappa shape index (κ3) is 5.59. The Labute approximate surface area is 192 Å². The topological polar surface area (TPSA) is 107 Å². The highest BCUT2D eigenvalue weighted by atomic mass is 16.2. The Morgan fingerprint density at radius 1 is 0.939 bits per heavy atom. The molecule has 0 unspecified atom stereocenters. The normalized spacial score (nSPS) is 13.5. The Bertz CT molecular complexity index is 1080. The summed E-state index contributed by atoms with van der Waals surface area (Å²) in [6, 6.07) is 12.4. The minimum atomic E-state index is -0.336. The van der Waals surface area contributed by atoms with Crippen LogP contribution in [0.15, 0.2) is 54.9 Å². The van der Waals surface area contributed by atoms with Crippen molar-refractivity contribution in [1.29, 1.82) is 0 Å². The highest BCUT2D eigenvalue weighted by Gasteiger charge is 2.22. The molecule has 0 aliphatic carbocycles. The van der Waals surface area contributed by atoms with Crippen LogP contribution in [0.2, 0.25) is 0 Å². The Morgan fingerprint density at radius 2 is 1.64 bits per heavy atom. The molecule has 4 rings (SSSR count). The fourth-order valence-electron chi connectivity index (χ4n) is 3.48. The van der Waals surface area contributed by atoms with E-state index in [2.05, 4.69) is 30.4 Å². The lowest BCUT2D eigenvalue weighted by atomic mass is 10.1. The van der Waals surface area contributed by atoms with Gasteiger partial charge in [-0.2, -0.15) is 0 Å². The Balaban J connectivity index is 1.28. The van der Waals surface area contributed by atoms with Gasteiger partial charge in [-0.1, -0.05) is 12.1 Å². The molecular formula is C23H26N8O2. The van der Waals surface area contributed by atoms with Gasteiger partial charge in [-0.25, -0.2) is 9.97 Å². The van der Waals surface area contributed by atoms with Gasteiger partial charge in [-0.15, -0.1) is 10.2 Å². The van der Waals surface area contributed by atoms with Crippen LogP contribution in [0.25, 0.3) is 0 Å². The van der Waals surface area contributed by atoms with Crippen LogP contribution >= 0.6 is 0 Å². The maximum absolute atomic E-state index is 12.7. The number of benzene rings is 1. The van der Waals surface area contributed by atoms with E-state index in [9.17, 15) is 9.59 Å². The van der Waals surface area contributed by atoms with E-state index in [1.54, 1.807) is 42.7 Å². The van der Waals surface area contributed by atoms with Crippen molar-refractivity contribution < 1.29 is 9.59 Å². The van der Waals surface area contributed by atoms with Gasteiger partial charge in [-0.3, -0.25) is 9.59 Å². The summed E-state index contributed by atoms with van der Waals surface area (Å²) >= 11 is 0. The smallest absolute Gasteiger partial charge is 0.276 e. The van der Waals surface area contributed by atoms with Gasteiger partial charge >= 0.3 is 0 Å². The van der Waals surface area contributed by atoms with Gasteiger partial charge < -0.3 is 20.0 Å². The highest BCUT2D eigenvalue weighted by Crippen LogP contribution is 2.15. The number of nitrogens with zero attached hydrogens (tertiary/aromatic N) is 7. The lowest BCUT2D eigenvalue weighted by molar-refractivity contribution is -0.130. The van der Waals surface area contributed by atoms with Crippen molar-refractivity contribution in [2.24, 2.45) is 0 Å². The molecule has 10 nitrogen and oxygen atoms in total. The van der Waals surface area contributed by atoms with Crippen molar-refractivity contribution in [3.05, 3.63) is 66.1 Å². The van der Waals surface area contributed by atoms with Gasteiger partial charge in [0.15, 0.2) is 11.5 Å². The third-order valence-corrected chi connectivity index (χ3v) is 5.38. The van der Waals surface area contributed by atoms with Crippen molar-refractivity contribution in [3.63, 3.8) is 0 Å². The first-order chi connectivity index (χ1) is 16.0. The van der Waals surface area contributed by atoms with Gasteiger partial charge in [0, 0.05) is 58.4 Å². The number of amides is 2. The van der Waals surface area contributed by atoms with Gasteiger partial charge in [0.25, 0.3) is 5.91 Å². The molecule has 3 heterocycles. The molecule has 1 aliphatic heterocycles. The van der Waals surface area contributed by atoms with Crippen molar-refractivity contribution >= 4 is 29.3 Å². The number of hydrogen-bond acceptors (Lipinski definition) is 8. The van der Waals surface area contributed by atoms with E-state index >= 15 is 0 Å². The van der Waals surface area contributed by atoms with E-state index in [0.29, 0.717) is 50.1 Å². The maximum Gasteiger partial charge on any atom is 0.276 e. The summed E-state index contributed by atoms with van der Waals surface area (Å²) in [5.74, 6) is 1.12. The average molecular weight is 447 g/mol. The SMILES string of the molecule is CN(C)c1ccc(C(=O)Nc2ccc(CC(=O)N3CCN(c4ncccn4)CC3)cc2)nn1. The molecule has 2 aromatic heterocycles. The molecule has 10 heteroatoms. The monoisotopic (exact) mass is 446 g/mol. The number of rotatable bonds is 6. The summed E-state index contributed by atoms with van der Waals surface area (Å²) in [5, 5.41) is 10.8. The molecule has 0 bridgehead atoms. The Kier molecular flexibility index (Phi) is 6.72. The number of hydrogen-bond donors (Lipinski definition) is 1. The molecule has 0 saturated carbocycles. The fraction of sp³-hybridized carbons (Fsp3) is 0.304. The van der Waals surface area contributed by atoms with Crippen molar-refractivity contribution in [3.8, 4) is 0 Å². The fourth-order valence-corrected chi connectivity index (χ4v) is 3.48. The summed E-state index contributed by atoms with van der Waals surface area (Å²) < 4.78 is 0. The Hall–Kier alpha value is -4.08.